The molecule has 1 unspecified atom stereocenters. The Balaban J connectivity index is 2.73. The fourth-order valence-electron chi connectivity index (χ4n) is 3.61. The Labute approximate surface area is 144 Å². The summed E-state index contributed by atoms with van der Waals surface area (Å²) >= 11 is 0. The monoisotopic (exact) mass is 311 g/mol. The smallest absolute Gasteiger partial charge is 0.0615 e. The molecule has 0 spiro atoms. The molecule has 2 heteroatoms. The number of rotatable bonds is 7. The molecule has 0 bridgehead atoms. The Kier molecular flexibility index (Phi) is 4.44. The van der Waals surface area contributed by atoms with Crippen LogP contribution in [0.25, 0.3) is 0 Å². The first-order valence-electron chi connectivity index (χ1n) is 9.51. The molecule has 2 nitrogen and oxygen atoms in total. The van der Waals surface area contributed by atoms with Gasteiger partial charge in [-0.1, -0.05) is 74.4 Å². The van der Waals surface area contributed by atoms with Gasteiger partial charge in [0.05, 0.1) is 5.41 Å². The molecule has 1 atom stereocenters. The molecule has 0 radical (unpaired) electrons. The molecule has 2 aromatic carbocycles. The van der Waals surface area contributed by atoms with Crippen molar-refractivity contribution in [3.63, 3.8) is 0 Å². The van der Waals surface area contributed by atoms with E-state index in [1.165, 1.54) is 0 Å². The summed E-state index contributed by atoms with van der Waals surface area (Å²) in [5.41, 5.74) is 1.40. The Morgan fingerprint density at radius 2 is 1.52 bits per heavy atom. The van der Waals surface area contributed by atoms with Gasteiger partial charge in [0.2, 0.25) is 0 Å². The minimum Gasteiger partial charge on any atom is -0.309 e. The normalized spacial score (nSPS) is 15.6. The van der Waals surface area contributed by atoms with Crippen molar-refractivity contribution < 1.29 is 4.11 Å². The second-order valence-corrected chi connectivity index (χ2v) is 6.36. The first-order chi connectivity index (χ1) is 12.2. The number of nitrogens with zero attached hydrogens (tertiary/aromatic N) is 1. The van der Waals surface area contributed by atoms with Crippen LogP contribution < -0.4 is 0 Å². The minimum atomic E-state index is -2.18. The van der Waals surface area contributed by atoms with Gasteiger partial charge in [0.1, 0.15) is 0 Å². The zero-order valence-electron chi connectivity index (χ0n) is 17.2. The molecule has 0 amide bonds. The van der Waals surface area contributed by atoms with Crippen LogP contribution in [-0.2, 0) is 5.41 Å². The lowest BCUT2D eigenvalue weighted by atomic mass is 9.62. The lowest BCUT2D eigenvalue weighted by molar-refractivity contribution is 0.294. The third kappa shape index (κ3) is 3.37. The fourth-order valence-corrected chi connectivity index (χ4v) is 3.61. The topological polar surface area (TPSA) is 27.1 Å². The zero-order valence-corrected chi connectivity index (χ0v) is 14.2. The molecule has 0 heterocycles. The van der Waals surface area contributed by atoms with E-state index in [2.05, 4.69) is 11.8 Å². The van der Waals surface area contributed by atoms with E-state index in [-0.39, 0.29) is 18.1 Å². The van der Waals surface area contributed by atoms with Gasteiger partial charge in [0.15, 0.2) is 0 Å². The van der Waals surface area contributed by atoms with E-state index in [9.17, 15) is 0 Å². The van der Waals surface area contributed by atoms with Crippen molar-refractivity contribution in [2.24, 2.45) is 5.92 Å². The molecule has 1 N–H and O–H groups in total. The van der Waals surface area contributed by atoms with E-state index in [4.69, 9.17) is 9.52 Å². The second-order valence-electron chi connectivity index (χ2n) is 6.36. The SMILES string of the molecule is [2H]C([2H])([2H])CC(=N)C(c1ccccc1)(c1ccccc1)C(C)CN(C)C. The summed E-state index contributed by atoms with van der Waals surface area (Å²) in [5.74, 6) is 0.0251. The van der Waals surface area contributed by atoms with E-state index in [1.54, 1.807) is 0 Å². The lowest BCUT2D eigenvalue weighted by Gasteiger charge is -2.42. The maximum absolute atomic E-state index is 8.92. The number of hydrogen-bond acceptors (Lipinski definition) is 2. The first kappa shape index (κ1) is 13.5. The van der Waals surface area contributed by atoms with Crippen LogP contribution in [-0.4, -0.2) is 31.3 Å². The summed E-state index contributed by atoms with van der Waals surface area (Å²) in [5, 5.41) is 8.92. The van der Waals surface area contributed by atoms with Crippen LogP contribution in [0.4, 0.5) is 0 Å². The van der Waals surface area contributed by atoms with Crippen molar-refractivity contribution in [2.45, 2.75) is 25.6 Å². The van der Waals surface area contributed by atoms with E-state index < -0.39 is 12.3 Å². The third-order valence-electron chi connectivity index (χ3n) is 4.49. The van der Waals surface area contributed by atoms with Gasteiger partial charge in [-0.05, 0) is 37.6 Å². The first-order valence-corrected chi connectivity index (χ1v) is 8.01. The molecule has 23 heavy (non-hydrogen) atoms. The Bertz CT molecular complexity index is 670. The molecule has 0 aliphatic carbocycles. The van der Waals surface area contributed by atoms with Gasteiger partial charge in [0.25, 0.3) is 0 Å². The van der Waals surface area contributed by atoms with Crippen LogP contribution in [0, 0.1) is 11.3 Å². The molecule has 0 aromatic heterocycles. The van der Waals surface area contributed by atoms with Crippen LogP contribution in [0.2, 0.25) is 0 Å². The second kappa shape index (κ2) is 7.56. The van der Waals surface area contributed by atoms with Crippen LogP contribution in [0.3, 0.4) is 0 Å². The highest BCUT2D eigenvalue weighted by Crippen LogP contribution is 2.41. The summed E-state index contributed by atoms with van der Waals surface area (Å²) in [7, 11) is 4.01. The number of nitrogens with one attached hydrogen (secondary N) is 1. The van der Waals surface area contributed by atoms with Gasteiger partial charge in [-0.25, -0.2) is 0 Å². The largest absolute Gasteiger partial charge is 0.309 e. The van der Waals surface area contributed by atoms with Crippen molar-refractivity contribution in [2.75, 3.05) is 20.6 Å². The molecule has 0 aliphatic heterocycles. The molecule has 2 rings (SSSR count). The standard InChI is InChI=1S/C21H28N2/c1-5-20(22)21(17(2)16-23(3)4,18-12-8-6-9-13-18)19-14-10-7-11-15-19/h6-15,17,22H,5,16H2,1-4H3/i1D3. The molecule has 0 saturated carbocycles. The summed E-state index contributed by atoms with van der Waals surface area (Å²) < 4.78 is 23.2. The van der Waals surface area contributed by atoms with Crippen molar-refractivity contribution in [3.8, 4) is 0 Å². The van der Waals surface area contributed by atoms with Crippen molar-refractivity contribution in [1.82, 2.24) is 4.90 Å². The van der Waals surface area contributed by atoms with Gasteiger partial charge in [0, 0.05) is 16.4 Å². The lowest BCUT2D eigenvalue weighted by Crippen LogP contribution is -2.46. The summed E-state index contributed by atoms with van der Waals surface area (Å²) in [6, 6.07) is 19.7. The maximum atomic E-state index is 8.92. The van der Waals surface area contributed by atoms with Crippen LogP contribution in [0.5, 0.6) is 0 Å². The highest BCUT2D eigenvalue weighted by molar-refractivity contribution is 5.96. The van der Waals surface area contributed by atoms with Gasteiger partial charge in [-0.15, -0.1) is 0 Å². The van der Waals surface area contributed by atoms with Gasteiger partial charge < -0.3 is 10.3 Å². The number of hydrogen-bond donors (Lipinski definition) is 1. The molecule has 0 aliphatic rings. The Morgan fingerprint density at radius 3 is 1.91 bits per heavy atom. The molecule has 0 fully saturated rings. The summed E-state index contributed by atoms with van der Waals surface area (Å²) in [6.07, 6.45) is -0.228. The molecular weight excluding hydrogens is 280 g/mol. The van der Waals surface area contributed by atoms with E-state index in [0.717, 1.165) is 17.7 Å². The van der Waals surface area contributed by atoms with Gasteiger partial charge >= 0.3 is 0 Å². The summed E-state index contributed by atoms with van der Waals surface area (Å²) in [4.78, 5) is 2.09. The molecule has 2 aromatic rings. The van der Waals surface area contributed by atoms with Crippen molar-refractivity contribution in [1.29, 1.82) is 5.41 Å². The predicted molar refractivity (Wildman–Crippen MR) is 99.4 cm³/mol. The van der Waals surface area contributed by atoms with Crippen molar-refractivity contribution >= 4 is 5.71 Å². The molecular formula is C21H28N2. The molecule has 122 valence electrons. The van der Waals surface area contributed by atoms with Gasteiger partial charge in [-0.3, -0.25) is 0 Å². The van der Waals surface area contributed by atoms with Crippen LogP contribution in [0.15, 0.2) is 60.7 Å². The van der Waals surface area contributed by atoms with Crippen molar-refractivity contribution in [3.05, 3.63) is 71.8 Å². The van der Waals surface area contributed by atoms with Crippen LogP contribution in [0.1, 0.15) is 35.4 Å². The van der Waals surface area contributed by atoms with E-state index in [1.807, 2.05) is 74.8 Å². The number of benzene rings is 2. The third-order valence-corrected chi connectivity index (χ3v) is 4.49. The quantitative estimate of drug-likeness (QED) is 0.743. The van der Waals surface area contributed by atoms with Crippen LogP contribution >= 0.6 is 0 Å². The van der Waals surface area contributed by atoms with E-state index >= 15 is 0 Å². The predicted octanol–water partition coefficient (Wildman–Crippen LogP) is 4.60. The fraction of sp³-hybridized carbons (Fsp3) is 0.381. The highest BCUT2D eigenvalue weighted by Gasteiger charge is 2.42. The highest BCUT2D eigenvalue weighted by atomic mass is 15.1. The Hall–Kier alpha value is -1.93. The average molecular weight is 311 g/mol. The minimum absolute atomic E-state index is 0.0251. The van der Waals surface area contributed by atoms with E-state index in [0.29, 0.717) is 0 Å². The maximum Gasteiger partial charge on any atom is 0.0615 e. The average Bonchev–Trinajstić information content (AvgIpc) is 2.55. The summed E-state index contributed by atoms with van der Waals surface area (Å²) in [6.45, 7) is 0.672. The molecule has 0 saturated heterocycles. The zero-order chi connectivity index (χ0) is 19.4. The Morgan fingerprint density at radius 1 is 1.04 bits per heavy atom. The van der Waals surface area contributed by atoms with Gasteiger partial charge in [-0.2, -0.15) is 0 Å².